The van der Waals surface area contributed by atoms with Crippen molar-refractivity contribution in [1.29, 1.82) is 0 Å². The van der Waals surface area contributed by atoms with E-state index in [1.54, 1.807) is 0 Å². The van der Waals surface area contributed by atoms with Gasteiger partial charge >= 0.3 is 5.69 Å². The highest BCUT2D eigenvalue weighted by Crippen LogP contribution is 2.25. The lowest BCUT2D eigenvalue weighted by Crippen LogP contribution is -2.23. The number of nitrogens with two attached hydrogens (primary N) is 2. The van der Waals surface area contributed by atoms with Gasteiger partial charge in [0, 0.05) is 6.54 Å². The summed E-state index contributed by atoms with van der Waals surface area (Å²) in [7, 11) is -3.65. The summed E-state index contributed by atoms with van der Waals surface area (Å²) >= 11 is 0. The van der Waals surface area contributed by atoms with E-state index >= 15 is 0 Å². The van der Waals surface area contributed by atoms with Crippen molar-refractivity contribution in [2.45, 2.75) is 6.92 Å². The van der Waals surface area contributed by atoms with Crippen molar-refractivity contribution in [3.8, 4) is 0 Å². The highest BCUT2D eigenvalue weighted by atomic mass is 32.2. The first-order valence-electron chi connectivity index (χ1n) is 4.73. The van der Waals surface area contributed by atoms with Gasteiger partial charge < -0.3 is 11.1 Å². The number of sulfonamides is 1. The fraction of sp³-hybridized carbons (Fsp3) is 0.429. The summed E-state index contributed by atoms with van der Waals surface area (Å²) in [5, 5.41) is 18.1. The Bertz CT molecular complexity index is 572. The van der Waals surface area contributed by atoms with E-state index in [0.29, 0.717) is 0 Å². The van der Waals surface area contributed by atoms with Crippen molar-refractivity contribution >= 4 is 27.5 Å². The van der Waals surface area contributed by atoms with Crippen molar-refractivity contribution in [3.63, 3.8) is 0 Å². The van der Waals surface area contributed by atoms with Gasteiger partial charge in [0.25, 0.3) is 0 Å². The zero-order valence-electron chi connectivity index (χ0n) is 9.45. The maximum atomic E-state index is 10.8. The first-order chi connectivity index (χ1) is 8.20. The molecule has 18 heavy (non-hydrogen) atoms. The van der Waals surface area contributed by atoms with Crippen LogP contribution in [0.4, 0.5) is 17.5 Å². The Labute approximate surface area is 103 Å². The van der Waals surface area contributed by atoms with Crippen LogP contribution < -0.4 is 16.2 Å². The zero-order valence-corrected chi connectivity index (χ0v) is 10.3. The van der Waals surface area contributed by atoms with Crippen LogP contribution in [0.1, 0.15) is 5.69 Å². The van der Waals surface area contributed by atoms with Crippen molar-refractivity contribution in [2.75, 3.05) is 23.3 Å². The Morgan fingerprint density at radius 2 is 2.06 bits per heavy atom. The summed E-state index contributed by atoms with van der Waals surface area (Å²) in [6.45, 7) is 1.29. The number of nitrogens with one attached hydrogen (secondary N) is 1. The molecule has 0 fully saturated rings. The van der Waals surface area contributed by atoms with E-state index in [2.05, 4.69) is 15.3 Å². The lowest BCUT2D eigenvalue weighted by molar-refractivity contribution is -0.385. The minimum absolute atomic E-state index is 0.0885. The van der Waals surface area contributed by atoms with E-state index in [1.165, 1.54) is 6.92 Å². The van der Waals surface area contributed by atoms with Gasteiger partial charge in [-0.15, -0.1) is 0 Å². The Balaban J connectivity index is 2.97. The number of rotatable bonds is 5. The highest BCUT2D eigenvalue weighted by molar-refractivity contribution is 7.89. The minimum Gasteiger partial charge on any atom is -0.368 e. The summed E-state index contributed by atoms with van der Waals surface area (Å²) in [5.41, 5.74) is 5.10. The molecule has 0 unspecified atom stereocenters. The third-order valence-corrected chi connectivity index (χ3v) is 2.71. The maximum Gasteiger partial charge on any atom is 0.332 e. The molecule has 0 bridgehead atoms. The van der Waals surface area contributed by atoms with Crippen molar-refractivity contribution in [3.05, 3.63) is 15.8 Å². The Hall–Kier alpha value is -2.01. The fourth-order valence-electron chi connectivity index (χ4n) is 1.24. The average molecular weight is 276 g/mol. The second kappa shape index (κ2) is 5.10. The standard InChI is InChI=1S/C7H12N6O4S/c1-4-5(13(14)15)6(12-7(8)11-4)10-2-3-18(9,16)17/h2-3H2,1H3,(H2,9,16,17)(H3,8,10,11,12). The lowest BCUT2D eigenvalue weighted by Gasteiger charge is -2.07. The van der Waals surface area contributed by atoms with Crippen LogP contribution in [0.5, 0.6) is 0 Å². The first-order valence-corrected chi connectivity index (χ1v) is 6.45. The Morgan fingerprint density at radius 1 is 1.44 bits per heavy atom. The minimum atomic E-state index is -3.65. The van der Waals surface area contributed by atoms with E-state index in [-0.39, 0.29) is 35.4 Å². The zero-order chi connectivity index (χ0) is 13.9. The average Bonchev–Trinajstić information content (AvgIpc) is 2.13. The Morgan fingerprint density at radius 3 is 2.56 bits per heavy atom. The van der Waals surface area contributed by atoms with Gasteiger partial charge in [0.2, 0.25) is 21.8 Å². The first kappa shape index (κ1) is 14.1. The third kappa shape index (κ3) is 3.78. The molecule has 1 rings (SSSR count). The summed E-state index contributed by atoms with van der Waals surface area (Å²) in [6.07, 6.45) is 0. The molecular formula is C7H12N6O4S. The molecule has 5 N–H and O–H groups in total. The fourth-order valence-corrected chi connectivity index (χ4v) is 1.63. The van der Waals surface area contributed by atoms with Crippen LogP contribution >= 0.6 is 0 Å². The van der Waals surface area contributed by atoms with E-state index in [4.69, 9.17) is 10.9 Å². The van der Waals surface area contributed by atoms with E-state index in [1.807, 2.05) is 0 Å². The number of anilines is 2. The van der Waals surface area contributed by atoms with Gasteiger partial charge in [-0.2, -0.15) is 4.98 Å². The SMILES string of the molecule is Cc1nc(N)nc(NCCS(N)(=O)=O)c1[N+](=O)[O-]. The molecule has 0 aliphatic carbocycles. The number of nitrogen functional groups attached to an aromatic ring is 1. The number of hydrogen-bond acceptors (Lipinski definition) is 8. The molecule has 0 saturated heterocycles. The monoisotopic (exact) mass is 276 g/mol. The normalized spacial score (nSPS) is 11.2. The third-order valence-electron chi connectivity index (χ3n) is 1.94. The predicted molar refractivity (Wildman–Crippen MR) is 64.3 cm³/mol. The number of primary sulfonamides is 1. The smallest absolute Gasteiger partial charge is 0.332 e. The molecule has 0 atom stereocenters. The second-order valence-electron chi connectivity index (χ2n) is 3.42. The lowest BCUT2D eigenvalue weighted by atomic mass is 10.3. The molecule has 10 nitrogen and oxygen atoms in total. The van der Waals surface area contributed by atoms with Crippen LogP contribution in [0, 0.1) is 17.0 Å². The van der Waals surface area contributed by atoms with Gasteiger partial charge in [0.1, 0.15) is 5.69 Å². The number of nitro groups is 1. The number of nitrogens with zero attached hydrogens (tertiary/aromatic N) is 3. The van der Waals surface area contributed by atoms with Crippen molar-refractivity contribution in [2.24, 2.45) is 5.14 Å². The van der Waals surface area contributed by atoms with Crippen molar-refractivity contribution < 1.29 is 13.3 Å². The van der Waals surface area contributed by atoms with Gasteiger partial charge in [0.15, 0.2) is 0 Å². The summed E-state index contributed by atoms with van der Waals surface area (Å²) in [6, 6.07) is 0. The molecule has 1 aromatic heterocycles. The predicted octanol–water partition coefficient (Wildman–Crippen LogP) is -1.02. The number of hydrogen-bond donors (Lipinski definition) is 3. The molecule has 0 radical (unpaired) electrons. The van der Waals surface area contributed by atoms with Gasteiger partial charge in [-0.3, -0.25) is 10.1 Å². The highest BCUT2D eigenvalue weighted by Gasteiger charge is 2.21. The van der Waals surface area contributed by atoms with Crippen LogP contribution in [0.25, 0.3) is 0 Å². The molecule has 1 aromatic rings. The van der Waals surface area contributed by atoms with Gasteiger partial charge in [-0.25, -0.2) is 18.5 Å². The molecule has 0 aliphatic heterocycles. The topological polar surface area (TPSA) is 167 Å². The van der Waals surface area contributed by atoms with E-state index in [0.717, 1.165) is 0 Å². The summed E-state index contributed by atoms with van der Waals surface area (Å²) in [4.78, 5) is 17.5. The molecule has 11 heteroatoms. The van der Waals surface area contributed by atoms with Gasteiger partial charge in [-0.1, -0.05) is 0 Å². The molecule has 0 saturated carbocycles. The quantitative estimate of drug-likeness (QED) is 0.453. The summed E-state index contributed by atoms with van der Waals surface area (Å²) in [5.74, 6) is -0.655. The second-order valence-corrected chi connectivity index (χ2v) is 5.15. The molecule has 0 aliphatic rings. The van der Waals surface area contributed by atoms with Crippen LogP contribution in [0.15, 0.2) is 0 Å². The summed E-state index contributed by atoms with van der Waals surface area (Å²) < 4.78 is 21.4. The molecule has 1 heterocycles. The van der Waals surface area contributed by atoms with Crippen LogP contribution in [0.2, 0.25) is 0 Å². The van der Waals surface area contributed by atoms with Gasteiger partial charge in [0.05, 0.1) is 10.7 Å². The van der Waals surface area contributed by atoms with Crippen molar-refractivity contribution in [1.82, 2.24) is 9.97 Å². The van der Waals surface area contributed by atoms with Crippen LogP contribution in [0.3, 0.4) is 0 Å². The van der Waals surface area contributed by atoms with Crippen LogP contribution in [-0.2, 0) is 10.0 Å². The van der Waals surface area contributed by atoms with E-state index in [9.17, 15) is 18.5 Å². The molecule has 100 valence electrons. The van der Waals surface area contributed by atoms with Gasteiger partial charge in [-0.05, 0) is 6.92 Å². The molecule has 0 amide bonds. The number of aryl methyl sites for hydroxylation is 1. The molecule has 0 spiro atoms. The largest absolute Gasteiger partial charge is 0.368 e. The molecule has 0 aromatic carbocycles. The number of aromatic nitrogens is 2. The molecular weight excluding hydrogens is 264 g/mol. The van der Waals surface area contributed by atoms with Crippen LogP contribution in [-0.4, -0.2) is 35.6 Å². The Kier molecular flexibility index (Phi) is 3.98. The van der Waals surface area contributed by atoms with E-state index < -0.39 is 14.9 Å². The maximum absolute atomic E-state index is 10.8.